The van der Waals surface area contributed by atoms with Gasteiger partial charge in [-0.1, -0.05) is 24.3 Å². The predicted octanol–water partition coefficient (Wildman–Crippen LogP) is 3.15. The Labute approximate surface area is 132 Å². The average Bonchev–Trinajstić information content (AvgIpc) is 2.55. The van der Waals surface area contributed by atoms with E-state index in [1.165, 1.54) is 6.07 Å². The molecule has 0 bridgehead atoms. The Morgan fingerprint density at radius 2 is 1.78 bits per heavy atom. The summed E-state index contributed by atoms with van der Waals surface area (Å²) in [6.45, 7) is 2.28. The van der Waals surface area contributed by atoms with Crippen LogP contribution in [0.4, 0.5) is 0 Å². The van der Waals surface area contributed by atoms with Crippen LogP contribution in [-0.4, -0.2) is 17.6 Å². The minimum atomic E-state index is -0.565. The maximum atomic E-state index is 12.5. The third kappa shape index (κ3) is 3.08. The molecule has 1 heterocycles. The largest absolute Gasteiger partial charge is 0.493 e. The fraction of sp³-hybridized carbons (Fsp3) is 0.111. The lowest BCUT2D eigenvalue weighted by molar-refractivity contribution is 0.0732. The molecule has 0 amide bonds. The summed E-state index contributed by atoms with van der Waals surface area (Å²) >= 11 is 0. The van der Waals surface area contributed by atoms with E-state index in [-0.39, 0.29) is 11.3 Å². The molecule has 2 aromatic carbocycles. The second-order valence-electron chi connectivity index (χ2n) is 4.86. The van der Waals surface area contributed by atoms with Crippen LogP contribution >= 0.6 is 0 Å². The van der Waals surface area contributed by atoms with Crippen molar-refractivity contribution in [3.63, 3.8) is 0 Å². The molecule has 3 aromatic rings. The molecule has 0 saturated heterocycles. The summed E-state index contributed by atoms with van der Waals surface area (Å²) < 4.78 is 10.9. The SMILES string of the molecule is CCOc1ccccc1C(=O)Oc1cc(=O)[nH]c2ccccc12. The number of hydrogen-bond acceptors (Lipinski definition) is 4. The van der Waals surface area contributed by atoms with E-state index in [0.717, 1.165) is 0 Å². The number of aromatic nitrogens is 1. The fourth-order valence-electron chi connectivity index (χ4n) is 2.33. The topological polar surface area (TPSA) is 68.4 Å². The first-order chi connectivity index (χ1) is 11.2. The number of aromatic amines is 1. The standard InChI is InChI=1S/C18H15NO4/c1-2-22-15-10-6-4-8-13(15)18(21)23-16-11-17(20)19-14-9-5-3-7-12(14)16/h3-11H,2H2,1H3,(H,19,20). The van der Waals surface area contributed by atoms with Crippen LogP contribution in [0.5, 0.6) is 11.5 Å². The number of H-pyrrole nitrogens is 1. The van der Waals surface area contributed by atoms with Gasteiger partial charge in [-0.25, -0.2) is 4.79 Å². The zero-order valence-corrected chi connectivity index (χ0v) is 12.5. The summed E-state index contributed by atoms with van der Waals surface area (Å²) in [6.07, 6.45) is 0. The molecule has 5 nitrogen and oxygen atoms in total. The Hall–Kier alpha value is -3.08. The van der Waals surface area contributed by atoms with Crippen molar-refractivity contribution in [1.82, 2.24) is 4.98 Å². The Kier molecular flexibility index (Phi) is 4.10. The van der Waals surface area contributed by atoms with Crippen molar-refractivity contribution in [1.29, 1.82) is 0 Å². The van der Waals surface area contributed by atoms with E-state index < -0.39 is 5.97 Å². The molecule has 116 valence electrons. The number of carbonyl (C=O) groups is 1. The second-order valence-corrected chi connectivity index (χ2v) is 4.86. The van der Waals surface area contributed by atoms with Gasteiger partial charge in [-0.05, 0) is 31.2 Å². The zero-order chi connectivity index (χ0) is 16.2. The van der Waals surface area contributed by atoms with E-state index in [2.05, 4.69) is 4.98 Å². The summed E-state index contributed by atoms with van der Waals surface area (Å²) in [5.74, 6) is 0.111. The number of para-hydroxylation sites is 2. The lowest BCUT2D eigenvalue weighted by Gasteiger charge is -2.10. The van der Waals surface area contributed by atoms with Crippen molar-refractivity contribution in [2.45, 2.75) is 6.92 Å². The summed E-state index contributed by atoms with van der Waals surface area (Å²) in [5, 5.41) is 0.661. The minimum Gasteiger partial charge on any atom is -0.493 e. The number of ether oxygens (including phenoxy) is 2. The molecule has 0 radical (unpaired) electrons. The molecule has 0 atom stereocenters. The predicted molar refractivity (Wildman–Crippen MR) is 87.1 cm³/mol. The molecule has 0 aliphatic heterocycles. The maximum absolute atomic E-state index is 12.5. The Bertz CT molecular complexity index is 914. The van der Waals surface area contributed by atoms with Crippen LogP contribution in [0.15, 0.2) is 59.4 Å². The highest BCUT2D eigenvalue weighted by Crippen LogP contribution is 2.25. The molecular weight excluding hydrogens is 294 g/mol. The first-order valence-electron chi connectivity index (χ1n) is 7.25. The van der Waals surface area contributed by atoms with Crippen molar-refractivity contribution in [2.24, 2.45) is 0 Å². The average molecular weight is 309 g/mol. The molecule has 0 fully saturated rings. The molecule has 1 N–H and O–H groups in total. The van der Waals surface area contributed by atoms with Gasteiger partial charge in [-0.15, -0.1) is 0 Å². The number of nitrogens with one attached hydrogen (secondary N) is 1. The van der Waals surface area contributed by atoms with Crippen LogP contribution in [0.1, 0.15) is 17.3 Å². The fourth-order valence-corrected chi connectivity index (χ4v) is 2.33. The van der Waals surface area contributed by atoms with Gasteiger partial charge in [-0.3, -0.25) is 4.79 Å². The van der Waals surface area contributed by atoms with Crippen molar-refractivity contribution >= 4 is 16.9 Å². The van der Waals surface area contributed by atoms with Crippen LogP contribution in [0.3, 0.4) is 0 Å². The van der Waals surface area contributed by atoms with Gasteiger partial charge in [-0.2, -0.15) is 0 Å². The Morgan fingerprint density at radius 3 is 2.61 bits per heavy atom. The molecule has 0 spiro atoms. The third-order valence-electron chi connectivity index (χ3n) is 3.32. The molecule has 23 heavy (non-hydrogen) atoms. The van der Waals surface area contributed by atoms with Crippen LogP contribution in [0, 0.1) is 0 Å². The van der Waals surface area contributed by atoms with Crippen LogP contribution in [0.2, 0.25) is 0 Å². The number of fused-ring (bicyclic) bond motifs is 1. The summed E-state index contributed by atoms with van der Waals surface area (Å²) in [5.41, 5.74) is 0.601. The molecule has 3 rings (SSSR count). The highest BCUT2D eigenvalue weighted by atomic mass is 16.5. The number of carbonyl (C=O) groups excluding carboxylic acids is 1. The summed E-state index contributed by atoms with van der Waals surface area (Å²) in [7, 11) is 0. The van der Waals surface area contributed by atoms with Gasteiger partial charge in [0.25, 0.3) is 5.56 Å². The van der Waals surface area contributed by atoms with E-state index >= 15 is 0 Å². The van der Waals surface area contributed by atoms with E-state index in [9.17, 15) is 9.59 Å². The van der Waals surface area contributed by atoms with Gasteiger partial charge in [0.15, 0.2) is 0 Å². The summed E-state index contributed by atoms with van der Waals surface area (Å²) in [4.78, 5) is 26.9. The van der Waals surface area contributed by atoms with Crippen molar-refractivity contribution in [3.8, 4) is 11.5 Å². The van der Waals surface area contributed by atoms with Crippen molar-refractivity contribution < 1.29 is 14.3 Å². The smallest absolute Gasteiger partial charge is 0.347 e. The molecule has 0 aliphatic carbocycles. The Balaban J connectivity index is 2.00. The normalized spacial score (nSPS) is 10.5. The number of hydrogen-bond donors (Lipinski definition) is 1. The van der Waals surface area contributed by atoms with Crippen LogP contribution < -0.4 is 15.0 Å². The minimum absolute atomic E-state index is 0.223. The van der Waals surface area contributed by atoms with Gasteiger partial charge < -0.3 is 14.5 Å². The van der Waals surface area contributed by atoms with E-state index in [1.807, 2.05) is 13.0 Å². The first kappa shape index (κ1) is 14.8. The second kappa shape index (κ2) is 6.36. The molecule has 1 aromatic heterocycles. The molecule has 0 saturated carbocycles. The highest BCUT2D eigenvalue weighted by molar-refractivity contribution is 5.96. The van der Waals surface area contributed by atoms with Crippen LogP contribution in [-0.2, 0) is 0 Å². The van der Waals surface area contributed by atoms with Crippen LogP contribution in [0.25, 0.3) is 10.9 Å². The van der Waals surface area contributed by atoms with Gasteiger partial charge in [0.2, 0.25) is 0 Å². The van der Waals surface area contributed by atoms with Gasteiger partial charge >= 0.3 is 5.97 Å². The van der Waals surface area contributed by atoms with Gasteiger partial charge in [0.05, 0.1) is 12.1 Å². The monoisotopic (exact) mass is 309 g/mol. The zero-order valence-electron chi connectivity index (χ0n) is 12.5. The number of benzene rings is 2. The van der Waals surface area contributed by atoms with Gasteiger partial charge in [0.1, 0.15) is 17.1 Å². The molecule has 0 unspecified atom stereocenters. The third-order valence-corrected chi connectivity index (χ3v) is 3.32. The van der Waals surface area contributed by atoms with E-state index in [0.29, 0.717) is 28.8 Å². The molecular formula is C18H15NO4. The quantitative estimate of drug-likeness (QED) is 0.752. The number of rotatable bonds is 4. The van der Waals surface area contributed by atoms with Gasteiger partial charge in [0, 0.05) is 11.5 Å². The Morgan fingerprint density at radius 1 is 1.04 bits per heavy atom. The van der Waals surface area contributed by atoms with Crippen molar-refractivity contribution in [2.75, 3.05) is 6.61 Å². The van der Waals surface area contributed by atoms with E-state index in [1.54, 1.807) is 42.5 Å². The lowest BCUT2D eigenvalue weighted by atomic mass is 10.2. The van der Waals surface area contributed by atoms with Crippen molar-refractivity contribution in [3.05, 3.63) is 70.5 Å². The molecule has 5 heteroatoms. The highest BCUT2D eigenvalue weighted by Gasteiger charge is 2.16. The number of pyridine rings is 1. The lowest BCUT2D eigenvalue weighted by Crippen LogP contribution is -2.13. The molecule has 0 aliphatic rings. The maximum Gasteiger partial charge on any atom is 0.347 e. The first-order valence-corrected chi connectivity index (χ1v) is 7.25. The number of esters is 1. The summed E-state index contributed by atoms with van der Waals surface area (Å²) in [6, 6.07) is 15.3. The van der Waals surface area contributed by atoms with E-state index in [4.69, 9.17) is 9.47 Å².